The zero-order valence-corrected chi connectivity index (χ0v) is 12.2. The molecule has 1 aromatic rings. The predicted octanol–water partition coefficient (Wildman–Crippen LogP) is 2.43. The van der Waals surface area contributed by atoms with Gasteiger partial charge in [0.2, 0.25) is 0 Å². The summed E-state index contributed by atoms with van der Waals surface area (Å²) in [5.41, 5.74) is -0.201. The Labute approximate surface area is 116 Å². The van der Waals surface area contributed by atoms with Gasteiger partial charge in [0.25, 0.3) is 5.91 Å². The molecule has 2 amide bonds. The van der Waals surface area contributed by atoms with Crippen molar-refractivity contribution in [1.82, 2.24) is 5.32 Å². The fourth-order valence-electron chi connectivity index (χ4n) is 1.21. The van der Waals surface area contributed by atoms with Crippen LogP contribution in [0.15, 0.2) is 11.4 Å². The van der Waals surface area contributed by atoms with Gasteiger partial charge < -0.3 is 14.8 Å². The quantitative estimate of drug-likeness (QED) is 0.833. The van der Waals surface area contributed by atoms with Crippen molar-refractivity contribution in [3.63, 3.8) is 0 Å². The molecule has 1 heterocycles. The van der Waals surface area contributed by atoms with Crippen LogP contribution in [0.5, 0.6) is 0 Å². The van der Waals surface area contributed by atoms with Crippen LogP contribution in [-0.2, 0) is 9.47 Å². The van der Waals surface area contributed by atoms with Crippen LogP contribution in [0.1, 0.15) is 31.1 Å². The average Bonchev–Trinajstić information content (AvgIpc) is 2.71. The summed E-state index contributed by atoms with van der Waals surface area (Å²) in [7, 11) is 1.48. The molecule has 0 aliphatic rings. The predicted molar refractivity (Wildman–Crippen MR) is 73.5 cm³/mol. The molecule has 0 aliphatic heterocycles. The maximum atomic E-state index is 11.8. The minimum Gasteiger partial charge on any atom is -0.444 e. The molecule has 19 heavy (non-hydrogen) atoms. The van der Waals surface area contributed by atoms with E-state index in [1.165, 1.54) is 18.4 Å². The first kappa shape index (κ1) is 15.5. The number of methoxy groups -OCH3 is 1. The maximum Gasteiger partial charge on any atom is 0.412 e. The summed E-state index contributed by atoms with van der Waals surface area (Å²) < 4.78 is 9.88. The highest BCUT2D eigenvalue weighted by Crippen LogP contribution is 2.23. The SMILES string of the molecule is COCNC(=O)c1ccsc1NC(=O)OC(C)(C)C. The minimum absolute atomic E-state index is 0.112. The Morgan fingerprint density at radius 3 is 2.63 bits per heavy atom. The summed E-state index contributed by atoms with van der Waals surface area (Å²) in [6, 6.07) is 1.63. The lowest BCUT2D eigenvalue weighted by atomic mass is 10.2. The van der Waals surface area contributed by atoms with E-state index in [9.17, 15) is 9.59 Å². The van der Waals surface area contributed by atoms with Gasteiger partial charge in [-0.15, -0.1) is 11.3 Å². The second kappa shape index (κ2) is 6.53. The molecule has 7 heteroatoms. The second-order valence-electron chi connectivity index (χ2n) is 4.73. The number of rotatable bonds is 4. The van der Waals surface area contributed by atoms with Gasteiger partial charge in [-0.05, 0) is 32.2 Å². The fourth-order valence-corrected chi connectivity index (χ4v) is 1.98. The molecule has 0 fully saturated rings. The van der Waals surface area contributed by atoms with Gasteiger partial charge >= 0.3 is 6.09 Å². The van der Waals surface area contributed by atoms with Crippen LogP contribution >= 0.6 is 11.3 Å². The maximum absolute atomic E-state index is 11.8. The second-order valence-corrected chi connectivity index (χ2v) is 5.65. The molecule has 0 unspecified atom stereocenters. The smallest absolute Gasteiger partial charge is 0.412 e. The molecule has 0 radical (unpaired) electrons. The standard InChI is InChI=1S/C12H18N2O4S/c1-12(2,3)18-11(16)14-10-8(5-6-19-10)9(15)13-7-17-4/h5-6H,7H2,1-4H3,(H,13,15)(H,14,16). The van der Waals surface area contributed by atoms with Crippen LogP contribution in [0.3, 0.4) is 0 Å². The van der Waals surface area contributed by atoms with E-state index in [2.05, 4.69) is 10.6 Å². The van der Waals surface area contributed by atoms with Gasteiger partial charge in [-0.3, -0.25) is 10.1 Å². The zero-order valence-electron chi connectivity index (χ0n) is 11.4. The van der Waals surface area contributed by atoms with Crippen molar-refractivity contribution < 1.29 is 19.1 Å². The topological polar surface area (TPSA) is 76.7 Å². The number of ether oxygens (including phenoxy) is 2. The van der Waals surface area contributed by atoms with Gasteiger partial charge in [0, 0.05) is 7.11 Å². The van der Waals surface area contributed by atoms with Crippen molar-refractivity contribution in [2.24, 2.45) is 0 Å². The number of nitrogens with one attached hydrogen (secondary N) is 2. The first-order chi connectivity index (χ1) is 8.83. The van der Waals surface area contributed by atoms with Gasteiger partial charge in [-0.1, -0.05) is 0 Å². The molecule has 0 atom stereocenters. The lowest BCUT2D eigenvalue weighted by Gasteiger charge is -2.19. The summed E-state index contributed by atoms with van der Waals surface area (Å²) in [5.74, 6) is -0.311. The third-order valence-corrected chi connectivity index (χ3v) is 2.73. The molecule has 0 saturated heterocycles. The Morgan fingerprint density at radius 2 is 2.05 bits per heavy atom. The Bertz CT molecular complexity index is 451. The molecule has 1 aromatic heterocycles. The number of carbonyl (C=O) groups excluding carboxylic acids is 2. The average molecular weight is 286 g/mol. The number of hydrogen-bond donors (Lipinski definition) is 2. The van der Waals surface area contributed by atoms with Gasteiger partial charge in [-0.2, -0.15) is 0 Å². The number of hydrogen-bond acceptors (Lipinski definition) is 5. The number of thiophene rings is 1. The van der Waals surface area contributed by atoms with E-state index in [1.54, 1.807) is 32.2 Å². The van der Waals surface area contributed by atoms with Gasteiger partial charge in [0.05, 0.1) is 5.56 Å². The Morgan fingerprint density at radius 1 is 1.37 bits per heavy atom. The Kier molecular flexibility index (Phi) is 5.31. The van der Waals surface area contributed by atoms with Gasteiger partial charge in [0.1, 0.15) is 17.3 Å². The van der Waals surface area contributed by atoms with E-state index < -0.39 is 11.7 Å². The zero-order chi connectivity index (χ0) is 14.5. The number of anilines is 1. The normalized spacial score (nSPS) is 10.9. The van der Waals surface area contributed by atoms with E-state index in [0.717, 1.165) is 0 Å². The van der Waals surface area contributed by atoms with Crippen LogP contribution in [0.25, 0.3) is 0 Å². The summed E-state index contributed by atoms with van der Waals surface area (Å²) in [6.45, 7) is 5.42. The molecule has 6 nitrogen and oxygen atoms in total. The summed E-state index contributed by atoms with van der Waals surface area (Å²) >= 11 is 1.25. The largest absolute Gasteiger partial charge is 0.444 e. The summed E-state index contributed by atoms with van der Waals surface area (Å²) in [4.78, 5) is 23.4. The molecule has 1 rings (SSSR count). The molecule has 0 saturated carbocycles. The van der Waals surface area contributed by atoms with Crippen molar-refractivity contribution in [2.75, 3.05) is 19.2 Å². The van der Waals surface area contributed by atoms with Crippen LogP contribution in [0, 0.1) is 0 Å². The highest BCUT2D eigenvalue weighted by Gasteiger charge is 2.19. The van der Waals surface area contributed by atoms with E-state index in [-0.39, 0.29) is 12.6 Å². The molecular weight excluding hydrogens is 268 g/mol. The Balaban J connectivity index is 2.67. The van der Waals surface area contributed by atoms with Gasteiger partial charge in [-0.25, -0.2) is 4.79 Å². The van der Waals surface area contributed by atoms with E-state index >= 15 is 0 Å². The van der Waals surface area contributed by atoms with Crippen molar-refractivity contribution in [1.29, 1.82) is 0 Å². The molecule has 0 aliphatic carbocycles. The van der Waals surface area contributed by atoms with Crippen LogP contribution < -0.4 is 10.6 Å². The highest BCUT2D eigenvalue weighted by molar-refractivity contribution is 7.14. The number of carbonyl (C=O) groups is 2. The van der Waals surface area contributed by atoms with Crippen molar-refractivity contribution in [2.45, 2.75) is 26.4 Å². The van der Waals surface area contributed by atoms with Crippen LogP contribution in [0.2, 0.25) is 0 Å². The third kappa shape index (κ3) is 5.27. The number of amides is 2. The molecule has 0 aromatic carbocycles. The molecule has 0 spiro atoms. The first-order valence-electron chi connectivity index (χ1n) is 5.68. The van der Waals surface area contributed by atoms with E-state index in [4.69, 9.17) is 9.47 Å². The van der Waals surface area contributed by atoms with Crippen LogP contribution in [-0.4, -0.2) is 31.4 Å². The third-order valence-electron chi connectivity index (χ3n) is 1.90. The first-order valence-corrected chi connectivity index (χ1v) is 6.56. The van der Waals surface area contributed by atoms with E-state index in [0.29, 0.717) is 10.6 Å². The molecule has 0 bridgehead atoms. The fraction of sp³-hybridized carbons (Fsp3) is 0.500. The molecule has 106 valence electrons. The van der Waals surface area contributed by atoms with Crippen molar-refractivity contribution >= 4 is 28.3 Å². The lowest BCUT2D eigenvalue weighted by Crippen LogP contribution is -2.29. The van der Waals surface area contributed by atoms with Crippen molar-refractivity contribution in [3.05, 3.63) is 17.0 Å². The van der Waals surface area contributed by atoms with Crippen molar-refractivity contribution in [3.8, 4) is 0 Å². The highest BCUT2D eigenvalue weighted by atomic mass is 32.1. The molecular formula is C12H18N2O4S. The van der Waals surface area contributed by atoms with E-state index in [1.807, 2.05) is 0 Å². The Hall–Kier alpha value is -1.60. The summed E-state index contributed by atoms with van der Waals surface area (Å²) in [6.07, 6.45) is -0.587. The lowest BCUT2D eigenvalue weighted by molar-refractivity contribution is 0.0636. The minimum atomic E-state index is -0.587. The summed E-state index contributed by atoms with van der Waals surface area (Å²) in [5, 5.41) is 7.27. The van der Waals surface area contributed by atoms with Crippen LogP contribution in [0.4, 0.5) is 9.80 Å². The monoisotopic (exact) mass is 286 g/mol. The molecule has 2 N–H and O–H groups in total. The van der Waals surface area contributed by atoms with Gasteiger partial charge in [0.15, 0.2) is 0 Å².